The molecule has 0 bridgehead atoms. The Morgan fingerprint density at radius 3 is 2.81 bits per heavy atom. The van der Waals surface area contributed by atoms with Crippen molar-refractivity contribution in [2.45, 2.75) is 0 Å². The van der Waals surface area contributed by atoms with Gasteiger partial charge in [-0.1, -0.05) is 0 Å². The molecule has 21 heavy (non-hydrogen) atoms. The molecular weight excluding hydrogens is 274 g/mol. The summed E-state index contributed by atoms with van der Waals surface area (Å²) in [6.07, 6.45) is 4.25. The molecule has 102 valence electrons. The lowest BCUT2D eigenvalue weighted by Gasteiger charge is -2.02. The molecule has 0 saturated heterocycles. The number of nitrogens with one attached hydrogen (secondary N) is 1. The van der Waals surface area contributed by atoms with E-state index in [-0.39, 0.29) is 5.56 Å². The smallest absolute Gasteiger partial charge is 0.222 e. The Kier molecular flexibility index (Phi) is 2.44. The van der Waals surface area contributed by atoms with Crippen LogP contribution >= 0.6 is 0 Å². The Bertz CT molecular complexity index is 978. The van der Waals surface area contributed by atoms with E-state index >= 15 is 0 Å². The van der Waals surface area contributed by atoms with Crippen molar-refractivity contribution in [2.75, 3.05) is 0 Å². The molecule has 0 aliphatic heterocycles. The second-order valence-electron chi connectivity index (χ2n) is 4.63. The van der Waals surface area contributed by atoms with Crippen molar-refractivity contribution in [3.8, 4) is 11.3 Å². The highest BCUT2D eigenvalue weighted by Crippen LogP contribution is 2.27. The van der Waals surface area contributed by atoms with E-state index in [0.29, 0.717) is 11.3 Å². The third kappa shape index (κ3) is 1.84. The van der Waals surface area contributed by atoms with Gasteiger partial charge in [0.15, 0.2) is 0 Å². The van der Waals surface area contributed by atoms with Crippen LogP contribution in [0.1, 0.15) is 0 Å². The number of H-pyrrole nitrogens is 1. The highest BCUT2D eigenvalue weighted by atomic mass is 19.1. The maximum absolute atomic E-state index is 13.7. The number of nitrogens with zero attached hydrogens (tertiary/aromatic N) is 3. The summed E-state index contributed by atoms with van der Waals surface area (Å²) in [7, 11) is 0. The molecule has 0 atom stereocenters. The third-order valence-corrected chi connectivity index (χ3v) is 3.34. The molecule has 4 aromatic rings. The van der Waals surface area contributed by atoms with Crippen LogP contribution in [-0.2, 0) is 0 Å². The Morgan fingerprint density at radius 1 is 1.00 bits per heavy atom. The third-order valence-electron chi connectivity index (χ3n) is 3.34. The number of aromatic nitrogens is 4. The van der Waals surface area contributed by atoms with Crippen molar-refractivity contribution in [2.24, 2.45) is 0 Å². The van der Waals surface area contributed by atoms with E-state index in [1.807, 2.05) is 12.1 Å². The van der Waals surface area contributed by atoms with Crippen LogP contribution in [-0.4, -0.2) is 19.9 Å². The van der Waals surface area contributed by atoms with E-state index in [9.17, 15) is 8.78 Å². The summed E-state index contributed by atoms with van der Waals surface area (Å²) in [4.78, 5) is 14.9. The predicted octanol–water partition coefficient (Wildman–Crippen LogP) is 3.45. The molecule has 4 aromatic heterocycles. The fourth-order valence-corrected chi connectivity index (χ4v) is 2.37. The van der Waals surface area contributed by atoms with E-state index in [4.69, 9.17) is 0 Å². The van der Waals surface area contributed by atoms with Crippen LogP contribution in [0.2, 0.25) is 0 Å². The topological polar surface area (TPSA) is 54.5 Å². The van der Waals surface area contributed by atoms with E-state index in [1.54, 1.807) is 18.5 Å². The fraction of sp³-hybridized carbons (Fsp3) is 0. The molecule has 0 aromatic carbocycles. The Hall–Kier alpha value is -2.89. The molecule has 4 nitrogen and oxygen atoms in total. The molecule has 0 aliphatic rings. The fourth-order valence-electron chi connectivity index (χ4n) is 2.37. The number of rotatable bonds is 1. The van der Waals surface area contributed by atoms with Crippen molar-refractivity contribution < 1.29 is 8.78 Å². The van der Waals surface area contributed by atoms with Gasteiger partial charge in [0.25, 0.3) is 0 Å². The minimum absolute atomic E-state index is 0.0358. The molecule has 6 heteroatoms. The van der Waals surface area contributed by atoms with Crippen molar-refractivity contribution in [1.82, 2.24) is 19.9 Å². The molecule has 0 saturated carbocycles. The minimum Gasteiger partial charge on any atom is -0.339 e. The van der Waals surface area contributed by atoms with Gasteiger partial charge in [-0.15, -0.1) is 0 Å². The highest BCUT2D eigenvalue weighted by Gasteiger charge is 2.12. The zero-order valence-electron chi connectivity index (χ0n) is 10.6. The molecule has 0 amide bonds. The lowest BCUT2D eigenvalue weighted by Crippen LogP contribution is -1.93. The first-order valence-electron chi connectivity index (χ1n) is 6.26. The number of pyridine rings is 3. The quantitative estimate of drug-likeness (QED) is 0.544. The number of hydrogen-bond donors (Lipinski definition) is 1. The zero-order valence-corrected chi connectivity index (χ0v) is 10.6. The van der Waals surface area contributed by atoms with Crippen LogP contribution in [0.3, 0.4) is 0 Å². The van der Waals surface area contributed by atoms with Crippen LogP contribution in [0.4, 0.5) is 8.78 Å². The van der Waals surface area contributed by atoms with Crippen LogP contribution in [0.15, 0.2) is 42.9 Å². The maximum Gasteiger partial charge on any atom is 0.222 e. The summed E-state index contributed by atoms with van der Waals surface area (Å²) in [5, 5.41) is 1.82. The van der Waals surface area contributed by atoms with Gasteiger partial charge in [-0.05, 0) is 24.3 Å². The van der Waals surface area contributed by atoms with Gasteiger partial charge in [-0.3, -0.25) is 4.98 Å². The largest absolute Gasteiger partial charge is 0.339 e. The SMILES string of the molecule is [19F]c1cnc([19F])c(-c2ccc3c(n2)[nH]c2ccncc23)c1. The Morgan fingerprint density at radius 2 is 1.90 bits per heavy atom. The average Bonchev–Trinajstić information content (AvgIpc) is 2.87. The molecule has 0 spiro atoms. The maximum atomic E-state index is 13.7. The van der Waals surface area contributed by atoms with E-state index in [0.717, 1.165) is 28.6 Å². The van der Waals surface area contributed by atoms with Gasteiger partial charge in [0.1, 0.15) is 11.5 Å². The van der Waals surface area contributed by atoms with Crippen LogP contribution in [0.5, 0.6) is 0 Å². The highest BCUT2D eigenvalue weighted by molar-refractivity contribution is 6.05. The second kappa shape index (κ2) is 4.31. The van der Waals surface area contributed by atoms with Crippen LogP contribution < -0.4 is 0 Å². The van der Waals surface area contributed by atoms with Gasteiger partial charge in [0.2, 0.25) is 5.95 Å². The summed E-state index contributed by atoms with van der Waals surface area (Å²) in [5.74, 6) is -1.35. The normalized spacial score (nSPS) is 11.3. The van der Waals surface area contributed by atoms with Gasteiger partial charge in [-0.2, -0.15) is 4.39 Å². The second-order valence-corrected chi connectivity index (χ2v) is 4.63. The van der Waals surface area contributed by atoms with Crippen molar-refractivity contribution >= 4 is 21.9 Å². The van der Waals surface area contributed by atoms with E-state index in [2.05, 4.69) is 19.9 Å². The number of fused-ring (bicyclic) bond motifs is 3. The van der Waals surface area contributed by atoms with Gasteiger partial charge >= 0.3 is 0 Å². The first kappa shape index (κ1) is 11.9. The molecule has 0 fully saturated rings. The summed E-state index contributed by atoms with van der Waals surface area (Å²) < 4.78 is 27.0. The monoisotopic (exact) mass is 282 g/mol. The molecule has 4 rings (SSSR count). The molecule has 0 unspecified atom stereocenters. The number of aromatic amines is 1. The average molecular weight is 282 g/mol. The summed E-state index contributed by atoms with van der Waals surface area (Å²) in [6.45, 7) is 0. The lowest BCUT2D eigenvalue weighted by molar-refractivity contribution is 0.563. The number of halogens is 2. The Balaban J connectivity index is 1.98. The van der Waals surface area contributed by atoms with Crippen molar-refractivity contribution in [1.29, 1.82) is 0 Å². The first-order valence-corrected chi connectivity index (χ1v) is 6.26. The van der Waals surface area contributed by atoms with Gasteiger partial charge in [0.05, 0.1) is 23.0 Å². The molecule has 0 radical (unpaired) electrons. The standard InChI is InChI=1S/C15H8F2N4/c16-8-5-10(14(17)19-6-8)12-2-1-9-11-7-18-4-3-13(11)21-15(9)20-12/h1-7H,(H,20,21)/i16+0,17+0. The summed E-state index contributed by atoms with van der Waals surface area (Å²) >= 11 is 0. The molecule has 0 aliphatic carbocycles. The van der Waals surface area contributed by atoms with Crippen LogP contribution in [0, 0.1) is 11.8 Å². The number of hydrogen-bond acceptors (Lipinski definition) is 3. The van der Waals surface area contributed by atoms with Crippen molar-refractivity contribution in [3.63, 3.8) is 0 Å². The predicted molar refractivity (Wildman–Crippen MR) is 74.5 cm³/mol. The summed E-state index contributed by atoms with van der Waals surface area (Å²) in [6, 6.07) is 6.37. The lowest BCUT2D eigenvalue weighted by atomic mass is 10.1. The van der Waals surface area contributed by atoms with Gasteiger partial charge < -0.3 is 4.98 Å². The van der Waals surface area contributed by atoms with Gasteiger partial charge in [-0.25, -0.2) is 14.4 Å². The van der Waals surface area contributed by atoms with E-state index < -0.39 is 11.8 Å². The van der Waals surface area contributed by atoms with E-state index in [1.165, 1.54) is 0 Å². The van der Waals surface area contributed by atoms with Gasteiger partial charge in [0, 0.05) is 23.2 Å². The Labute approximate surface area is 117 Å². The summed E-state index contributed by atoms with van der Waals surface area (Å²) in [5.41, 5.74) is 1.85. The molecular formula is C15H8F2N4. The van der Waals surface area contributed by atoms with Crippen molar-refractivity contribution in [3.05, 3.63) is 54.6 Å². The molecule has 1 N–H and O–H groups in total. The minimum atomic E-state index is -0.749. The first-order chi connectivity index (χ1) is 10.2. The zero-order chi connectivity index (χ0) is 14.4. The van der Waals surface area contributed by atoms with Crippen LogP contribution in [0.25, 0.3) is 33.2 Å². The molecule has 4 heterocycles.